The Morgan fingerprint density at radius 1 is 1.26 bits per heavy atom. The van der Waals surface area contributed by atoms with Gasteiger partial charge in [0.1, 0.15) is 13.2 Å². The Balaban J connectivity index is 1.96. The first-order valence-electron chi connectivity index (χ1n) is 6.09. The number of hydrogen-bond donors (Lipinski definition) is 1. The molecule has 0 radical (unpaired) electrons. The second-order valence-corrected chi connectivity index (χ2v) is 4.99. The van der Waals surface area contributed by atoms with E-state index in [0.29, 0.717) is 26.3 Å². The van der Waals surface area contributed by atoms with Gasteiger partial charge in [0.2, 0.25) is 0 Å². The lowest BCUT2D eigenvalue weighted by Gasteiger charge is -2.21. The van der Waals surface area contributed by atoms with Crippen molar-refractivity contribution in [3.63, 3.8) is 0 Å². The molecule has 2 rings (SSSR count). The van der Waals surface area contributed by atoms with Crippen molar-refractivity contribution in [3.8, 4) is 11.5 Å². The Morgan fingerprint density at radius 3 is 2.74 bits per heavy atom. The van der Waals surface area contributed by atoms with Gasteiger partial charge in [-0.2, -0.15) is 0 Å². The molecule has 0 spiro atoms. The van der Waals surface area contributed by atoms with Crippen LogP contribution in [0.1, 0.15) is 5.56 Å². The zero-order valence-corrected chi connectivity index (χ0v) is 12.7. The fourth-order valence-electron chi connectivity index (χ4n) is 1.86. The molecule has 0 bridgehead atoms. The lowest BCUT2D eigenvalue weighted by atomic mass is 10.2. The summed E-state index contributed by atoms with van der Waals surface area (Å²) in [4.78, 5) is 0. The summed E-state index contributed by atoms with van der Waals surface area (Å²) >= 11 is 3.50. The van der Waals surface area contributed by atoms with Crippen molar-refractivity contribution in [2.45, 2.75) is 12.8 Å². The zero-order chi connectivity index (χ0) is 13.7. The molecule has 0 aliphatic carbocycles. The quantitative estimate of drug-likeness (QED) is 0.807. The van der Waals surface area contributed by atoms with Crippen molar-refractivity contribution in [2.24, 2.45) is 0 Å². The van der Waals surface area contributed by atoms with Crippen LogP contribution in [0.3, 0.4) is 0 Å². The maximum atomic E-state index is 5.58. The number of nitrogens with one attached hydrogen (secondary N) is 1. The average molecular weight is 332 g/mol. The summed E-state index contributed by atoms with van der Waals surface area (Å²) in [5.41, 5.74) is 1.11. The Morgan fingerprint density at radius 2 is 2.00 bits per heavy atom. The van der Waals surface area contributed by atoms with Gasteiger partial charge in [0.15, 0.2) is 17.8 Å². The zero-order valence-electron chi connectivity index (χ0n) is 11.1. The van der Waals surface area contributed by atoms with Crippen molar-refractivity contribution in [1.82, 2.24) is 5.32 Å². The van der Waals surface area contributed by atoms with Crippen LogP contribution in [-0.2, 0) is 16.0 Å². The molecule has 1 heterocycles. The molecule has 0 aromatic heterocycles. The first-order valence-corrected chi connectivity index (χ1v) is 6.88. The molecule has 6 heteroatoms. The molecular weight excluding hydrogens is 314 g/mol. The Bertz CT molecular complexity index is 423. The van der Waals surface area contributed by atoms with E-state index >= 15 is 0 Å². The van der Waals surface area contributed by atoms with E-state index < -0.39 is 0 Å². The molecule has 1 aliphatic rings. The molecule has 19 heavy (non-hydrogen) atoms. The maximum absolute atomic E-state index is 5.58. The third-order valence-electron chi connectivity index (χ3n) is 2.82. The lowest BCUT2D eigenvalue weighted by Crippen LogP contribution is -2.29. The molecule has 0 unspecified atom stereocenters. The molecular formula is C13H18BrNO4. The largest absolute Gasteiger partial charge is 0.486 e. The summed E-state index contributed by atoms with van der Waals surface area (Å²) in [6.45, 7) is 2.51. The number of benzene rings is 1. The number of hydrogen-bond acceptors (Lipinski definition) is 5. The lowest BCUT2D eigenvalue weighted by molar-refractivity contribution is -0.0989. The minimum absolute atomic E-state index is 0.236. The van der Waals surface area contributed by atoms with Gasteiger partial charge >= 0.3 is 0 Å². The molecule has 0 saturated carbocycles. The molecule has 0 amide bonds. The number of fused-ring (bicyclic) bond motifs is 1. The number of ether oxygens (including phenoxy) is 4. The van der Waals surface area contributed by atoms with E-state index in [2.05, 4.69) is 21.2 Å². The van der Waals surface area contributed by atoms with E-state index in [0.717, 1.165) is 21.5 Å². The molecule has 1 aromatic carbocycles. The second-order valence-electron chi connectivity index (χ2n) is 4.13. The first kappa shape index (κ1) is 14.6. The molecule has 1 aliphatic heterocycles. The molecule has 0 saturated heterocycles. The van der Waals surface area contributed by atoms with Crippen LogP contribution >= 0.6 is 15.9 Å². The van der Waals surface area contributed by atoms with E-state index in [1.54, 1.807) is 14.2 Å². The van der Waals surface area contributed by atoms with Crippen molar-refractivity contribution in [2.75, 3.05) is 34.0 Å². The van der Waals surface area contributed by atoms with Crippen LogP contribution in [0, 0.1) is 0 Å². The SMILES string of the molecule is COC(CNCc1cc(Br)c2c(c1)OCCO2)OC. The van der Waals surface area contributed by atoms with Gasteiger partial charge in [0.25, 0.3) is 0 Å². The van der Waals surface area contributed by atoms with Crippen LogP contribution < -0.4 is 14.8 Å². The highest BCUT2D eigenvalue weighted by Gasteiger charge is 2.16. The van der Waals surface area contributed by atoms with Gasteiger partial charge in [-0.25, -0.2) is 0 Å². The molecule has 5 nitrogen and oxygen atoms in total. The topological polar surface area (TPSA) is 49.0 Å². The summed E-state index contributed by atoms with van der Waals surface area (Å²) in [6, 6.07) is 4.01. The molecule has 1 N–H and O–H groups in total. The summed E-state index contributed by atoms with van der Waals surface area (Å²) in [7, 11) is 3.24. The predicted molar refractivity (Wildman–Crippen MR) is 74.6 cm³/mol. The van der Waals surface area contributed by atoms with Crippen LogP contribution in [0.2, 0.25) is 0 Å². The Hall–Kier alpha value is -0.820. The summed E-state index contributed by atoms with van der Waals surface area (Å²) < 4.78 is 22.3. The first-order chi connectivity index (χ1) is 9.24. The molecule has 0 atom stereocenters. The second kappa shape index (κ2) is 7.09. The van der Waals surface area contributed by atoms with Gasteiger partial charge in [0, 0.05) is 27.3 Å². The van der Waals surface area contributed by atoms with Gasteiger partial charge in [0.05, 0.1) is 4.47 Å². The Labute approximate surface area is 121 Å². The predicted octanol–water partition coefficient (Wildman–Crippen LogP) is 1.93. The van der Waals surface area contributed by atoms with E-state index in [9.17, 15) is 0 Å². The van der Waals surface area contributed by atoms with E-state index in [1.165, 1.54) is 0 Å². The number of methoxy groups -OCH3 is 2. The van der Waals surface area contributed by atoms with E-state index in [4.69, 9.17) is 18.9 Å². The number of rotatable bonds is 6. The smallest absolute Gasteiger partial charge is 0.175 e. The summed E-state index contributed by atoms with van der Waals surface area (Å²) in [5.74, 6) is 1.56. The molecule has 0 fully saturated rings. The molecule has 106 valence electrons. The highest BCUT2D eigenvalue weighted by molar-refractivity contribution is 9.10. The van der Waals surface area contributed by atoms with Crippen molar-refractivity contribution in [3.05, 3.63) is 22.2 Å². The monoisotopic (exact) mass is 331 g/mol. The van der Waals surface area contributed by atoms with E-state index in [-0.39, 0.29) is 6.29 Å². The standard InChI is InChI=1S/C13H18BrNO4/c1-16-12(17-2)8-15-7-9-5-10(14)13-11(6-9)18-3-4-19-13/h5-6,12,15H,3-4,7-8H2,1-2H3. The van der Waals surface area contributed by atoms with Crippen LogP contribution in [0.4, 0.5) is 0 Å². The van der Waals surface area contributed by atoms with Crippen LogP contribution in [0.25, 0.3) is 0 Å². The van der Waals surface area contributed by atoms with Gasteiger partial charge in [-0.3, -0.25) is 0 Å². The van der Waals surface area contributed by atoms with E-state index in [1.807, 2.05) is 12.1 Å². The fraction of sp³-hybridized carbons (Fsp3) is 0.538. The van der Waals surface area contributed by atoms with Gasteiger partial charge in [-0.1, -0.05) is 0 Å². The van der Waals surface area contributed by atoms with Gasteiger partial charge in [-0.05, 0) is 33.6 Å². The summed E-state index contributed by atoms with van der Waals surface area (Å²) in [5, 5.41) is 3.27. The normalized spacial score (nSPS) is 13.9. The number of halogens is 1. The highest BCUT2D eigenvalue weighted by Crippen LogP contribution is 2.38. The van der Waals surface area contributed by atoms with Crippen LogP contribution in [-0.4, -0.2) is 40.3 Å². The van der Waals surface area contributed by atoms with Gasteiger partial charge in [-0.15, -0.1) is 0 Å². The third-order valence-corrected chi connectivity index (χ3v) is 3.41. The summed E-state index contributed by atoms with van der Waals surface area (Å²) in [6.07, 6.45) is -0.236. The Kier molecular flexibility index (Phi) is 5.45. The van der Waals surface area contributed by atoms with Crippen LogP contribution in [0.15, 0.2) is 16.6 Å². The van der Waals surface area contributed by atoms with Crippen molar-refractivity contribution < 1.29 is 18.9 Å². The maximum Gasteiger partial charge on any atom is 0.175 e. The highest BCUT2D eigenvalue weighted by atomic mass is 79.9. The van der Waals surface area contributed by atoms with Crippen molar-refractivity contribution in [1.29, 1.82) is 0 Å². The van der Waals surface area contributed by atoms with Gasteiger partial charge < -0.3 is 24.3 Å². The van der Waals surface area contributed by atoms with Crippen molar-refractivity contribution >= 4 is 15.9 Å². The third kappa shape index (κ3) is 3.82. The van der Waals surface area contributed by atoms with Crippen LogP contribution in [0.5, 0.6) is 11.5 Å². The average Bonchev–Trinajstić information content (AvgIpc) is 2.44. The minimum Gasteiger partial charge on any atom is -0.486 e. The fourth-order valence-corrected chi connectivity index (χ4v) is 2.47. The minimum atomic E-state index is -0.236. The molecule has 1 aromatic rings.